The van der Waals surface area contributed by atoms with Crippen LogP contribution < -0.4 is 0 Å². The second-order valence-corrected chi connectivity index (χ2v) is 3.48. The van der Waals surface area contributed by atoms with Crippen molar-refractivity contribution in [3.8, 4) is 0 Å². The fraction of sp³-hybridized carbons (Fsp3) is 0.750. The molecule has 1 N–H and O–H groups in total. The van der Waals surface area contributed by atoms with E-state index in [-0.39, 0.29) is 23.5 Å². The number of hydrogen-bond acceptors (Lipinski definition) is 2. The summed E-state index contributed by atoms with van der Waals surface area (Å²) in [5, 5.41) is 8.76. The molecule has 2 bridgehead atoms. The van der Waals surface area contributed by atoms with Crippen LogP contribution in [0.25, 0.3) is 0 Å². The van der Waals surface area contributed by atoms with E-state index in [2.05, 4.69) is 0 Å². The quantitative estimate of drug-likeness (QED) is 0.604. The Hall–Kier alpha value is -0.860. The second-order valence-electron chi connectivity index (χ2n) is 3.48. The minimum absolute atomic E-state index is 0.141. The van der Waals surface area contributed by atoms with Crippen molar-refractivity contribution >= 4 is 11.8 Å². The summed E-state index contributed by atoms with van der Waals surface area (Å²) in [5.74, 6) is -0.929. The molecule has 3 atom stereocenters. The van der Waals surface area contributed by atoms with Crippen molar-refractivity contribution in [2.24, 2.45) is 17.8 Å². The van der Waals surface area contributed by atoms with Crippen molar-refractivity contribution in [3.05, 3.63) is 0 Å². The molecule has 60 valence electrons. The highest BCUT2D eigenvalue weighted by atomic mass is 16.4. The van der Waals surface area contributed by atoms with Gasteiger partial charge in [-0.05, 0) is 18.8 Å². The molecule has 0 aromatic carbocycles. The molecule has 11 heavy (non-hydrogen) atoms. The van der Waals surface area contributed by atoms with E-state index >= 15 is 0 Å². The first-order valence-electron chi connectivity index (χ1n) is 3.95. The van der Waals surface area contributed by atoms with E-state index < -0.39 is 5.97 Å². The third-order valence-electron chi connectivity index (χ3n) is 2.95. The molecule has 2 fully saturated rings. The number of Topliss-reactive ketones (excluding diaryl/α,β-unsaturated/α-hetero) is 1. The van der Waals surface area contributed by atoms with Crippen LogP contribution in [0.2, 0.25) is 0 Å². The third kappa shape index (κ3) is 0.800. The van der Waals surface area contributed by atoms with Crippen molar-refractivity contribution < 1.29 is 14.7 Å². The fourth-order valence-electron chi connectivity index (χ4n) is 2.46. The molecule has 2 aliphatic carbocycles. The Kier molecular flexibility index (Phi) is 1.28. The predicted molar refractivity (Wildman–Crippen MR) is 37.0 cm³/mol. The lowest BCUT2D eigenvalue weighted by Crippen LogP contribution is -2.19. The van der Waals surface area contributed by atoms with E-state index in [1.807, 2.05) is 0 Å². The lowest BCUT2D eigenvalue weighted by molar-refractivity contribution is -0.144. The van der Waals surface area contributed by atoms with Gasteiger partial charge in [0.2, 0.25) is 0 Å². The maximum absolute atomic E-state index is 11.1. The molecule has 2 saturated carbocycles. The minimum atomic E-state index is -0.775. The first-order valence-corrected chi connectivity index (χ1v) is 3.95. The average molecular weight is 154 g/mol. The maximum atomic E-state index is 11.1. The van der Waals surface area contributed by atoms with Crippen LogP contribution in [0.1, 0.15) is 19.3 Å². The van der Waals surface area contributed by atoms with E-state index in [0.29, 0.717) is 6.42 Å². The van der Waals surface area contributed by atoms with Crippen LogP contribution in [0.15, 0.2) is 0 Å². The van der Waals surface area contributed by atoms with Gasteiger partial charge in [0.15, 0.2) is 0 Å². The number of aliphatic carboxylic acids is 1. The zero-order valence-corrected chi connectivity index (χ0v) is 6.12. The Morgan fingerprint density at radius 3 is 2.45 bits per heavy atom. The molecule has 0 aliphatic heterocycles. The standard InChI is InChI=1S/C8H10O3/c9-6-3-4-1-2-5(6)7(4)8(10)11/h4-5,7H,1-3H2,(H,10,11)/t4-,5+,7?/m1/s1. The lowest BCUT2D eigenvalue weighted by atomic mass is 9.98. The number of carbonyl (C=O) groups is 2. The van der Waals surface area contributed by atoms with Gasteiger partial charge in [0, 0.05) is 12.3 Å². The third-order valence-corrected chi connectivity index (χ3v) is 2.95. The first kappa shape index (κ1) is 6.83. The highest BCUT2D eigenvalue weighted by Gasteiger charge is 2.50. The van der Waals surface area contributed by atoms with Gasteiger partial charge in [-0.3, -0.25) is 9.59 Å². The Balaban J connectivity index is 2.25. The summed E-state index contributed by atoms with van der Waals surface area (Å²) < 4.78 is 0. The van der Waals surface area contributed by atoms with Crippen LogP contribution in [-0.2, 0) is 9.59 Å². The van der Waals surface area contributed by atoms with Crippen LogP contribution in [0.3, 0.4) is 0 Å². The number of carbonyl (C=O) groups excluding carboxylic acids is 1. The molecule has 0 aromatic rings. The summed E-state index contributed by atoms with van der Waals surface area (Å²) in [4.78, 5) is 21.7. The van der Waals surface area contributed by atoms with Crippen molar-refractivity contribution in [1.29, 1.82) is 0 Å². The highest BCUT2D eigenvalue weighted by molar-refractivity contribution is 5.91. The second kappa shape index (κ2) is 2.06. The number of fused-ring (bicyclic) bond motifs is 2. The molecular weight excluding hydrogens is 144 g/mol. The van der Waals surface area contributed by atoms with Crippen molar-refractivity contribution in [2.45, 2.75) is 19.3 Å². The molecule has 0 heterocycles. The molecule has 0 amide bonds. The number of ketones is 1. The monoisotopic (exact) mass is 154 g/mol. The molecule has 0 radical (unpaired) electrons. The van der Waals surface area contributed by atoms with E-state index in [1.165, 1.54) is 0 Å². The Morgan fingerprint density at radius 2 is 2.18 bits per heavy atom. The molecule has 2 rings (SSSR count). The van der Waals surface area contributed by atoms with E-state index in [4.69, 9.17) is 5.11 Å². The Morgan fingerprint density at radius 1 is 1.45 bits per heavy atom. The Labute approximate surface area is 64.4 Å². The lowest BCUT2D eigenvalue weighted by Gasteiger charge is -2.05. The smallest absolute Gasteiger partial charge is 0.307 e. The van der Waals surface area contributed by atoms with Gasteiger partial charge in [-0.1, -0.05) is 0 Å². The summed E-state index contributed by atoms with van der Waals surface area (Å²) in [5.41, 5.74) is 0. The molecule has 0 spiro atoms. The number of hydrogen-bond donors (Lipinski definition) is 1. The molecule has 0 aromatic heterocycles. The minimum Gasteiger partial charge on any atom is -0.481 e. The maximum Gasteiger partial charge on any atom is 0.307 e. The van der Waals surface area contributed by atoms with Gasteiger partial charge in [0.05, 0.1) is 5.92 Å². The summed E-state index contributed by atoms with van der Waals surface area (Å²) in [6.45, 7) is 0. The van der Waals surface area contributed by atoms with Crippen molar-refractivity contribution in [3.63, 3.8) is 0 Å². The zero-order chi connectivity index (χ0) is 8.01. The Bertz CT molecular complexity index is 221. The zero-order valence-electron chi connectivity index (χ0n) is 6.12. The van der Waals surface area contributed by atoms with Gasteiger partial charge < -0.3 is 5.11 Å². The normalized spacial score (nSPS) is 41.5. The van der Waals surface area contributed by atoms with E-state index in [1.54, 1.807) is 0 Å². The number of rotatable bonds is 1. The number of carboxylic acids is 1. The van der Waals surface area contributed by atoms with E-state index in [0.717, 1.165) is 12.8 Å². The summed E-state index contributed by atoms with van der Waals surface area (Å²) >= 11 is 0. The van der Waals surface area contributed by atoms with Crippen molar-refractivity contribution in [2.75, 3.05) is 0 Å². The number of carboxylic acid groups (broad SMARTS) is 1. The van der Waals surface area contributed by atoms with Crippen LogP contribution in [0, 0.1) is 17.8 Å². The van der Waals surface area contributed by atoms with Gasteiger partial charge in [0.25, 0.3) is 0 Å². The van der Waals surface area contributed by atoms with Crippen molar-refractivity contribution in [1.82, 2.24) is 0 Å². The first-order chi connectivity index (χ1) is 5.20. The summed E-state index contributed by atoms with van der Waals surface area (Å²) in [7, 11) is 0. The predicted octanol–water partition coefficient (Wildman–Crippen LogP) is 0.686. The van der Waals surface area contributed by atoms with Gasteiger partial charge in [-0.25, -0.2) is 0 Å². The van der Waals surface area contributed by atoms with Gasteiger partial charge >= 0.3 is 5.97 Å². The van der Waals surface area contributed by atoms with Gasteiger partial charge in [-0.2, -0.15) is 0 Å². The van der Waals surface area contributed by atoms with Crippen LogP contribution in [0.5, 0.6) is 0 Å². The highest BCUT2D eigenvalue weighted by Crippen LogP contribution is 2.47. The fourth-order valence-corrected chi connectivity index (χ4v) is 2.46. The average Bonchev–Trinajstić information content (AvgIpc) is 2.41. The topological polar surface area (TPSA) is 54.4 Å². The van der Waals surface area contributed by atoms with Gasteiger partial charge in [-0.15, -0.1) is 0 Å². The SMILES string of the molecule is O=C(O)C1[C@@H]2CC[C@H]1C(=O)C2. The largest absolute Gasteiger partial charge is 0.481 e. The molecule has 2 aliphatic rings. The van der Waals surface area contributed by atoms with E-state index in [9.17, 15) is 9.59 Å². The molecular formula is C8H10O3. The summed E-state index contributed by atoms with van der Waals surface area (Å²) in [6, 6.07) is 0. The molecule has 1 unspecified atom stereocenters. The molecule has 3 nitrogen and oxygen atoms in total. The molecule has 3 heteroatoms. The van der Waals surface area contributed by atoms with Crippen LogP contribution in [-0.4, -0.2) is 16.9 Å². The van der Waals surface area contributed by atoms with Crippen LogP contribution >= 0.6 is 0 Å². The van der Waals surface area contributed by atoms with Gasteiger partial charge in [0.1, 0.15) is 5.78 Å². The molecule has 0 saturated heterocycles. The van der Waals surface area contributed by atoms with Crippen LogP contribution in [0.4, 0.5) is 0 Å². The summed E-state index contributed by atoms with van der Waals surface area (Å²) in [6.07, 6.45) is 2.26.